The standard InChI is InChI=1S/C10H19N/c1-3-8-7-10-9(8)5-6-11(10)4-2/h8-10H,3-7H2,1-2H3. The summed E-state index contributed by atoms with van der Waals surface area (Å²) in [6.07, 6.45) is 4.39. The van der Waals surface area contributed by atoms with Crippen LogP contribution in [0.1, 0.15) is 33.1 Å². The molecule has 1 saturated heterocycles. The number of likely N-dealkylation sites (tertiary alicyclic amines) is 1. The molecule has 0 bridgehead atoms. The summed E-state index contributed by atoms with van der Waals surface area (Å²) < 4.78 is 0. The Labute approximate surface area is 69.8 Å². The molecule has 1 aliphatic carbocycles. The van der Waals surface area contributed by atoms with Gasteiger partial charge in [0.1, 0.15) is 0 Å². The molecule has 1 nitrogen and oxygen atoms in total. The van der Waals surface area contributed by atoms with E-state index in [1.54, 1.807) is 0 Å². The summed E-state index contributed by atoms with van der Waals surface area (Å²) in [5.41, 5.74) is 0. The van der Waals surface area contributed by atoms with Gasteiger partial charge in [0.25, 0.3) is 0 Å². The molecule has 2 aliphatic rings. The third-order valence-corrected chi connectivity index (χ3v) is 3.79. The van der Waals surface area contributed by atoms with E-state index in [0.29, 0.717) is 0 Å². The maximum Gasteiger partial charge on any atom is 0.0129 e. The Hall–Kier alpha value is -0.0400. The van der Waals surface area contributed by atoms with Gasteiger partial charge in [-0.25, -0.2) is 0 Å². The largest absolute Gasteiger partial charge is 0.300 e. The fraction of sp³-hybridized carbons (Fsp3) is 1.00. The zero-order chi connectivity index (χ0) is 7.84. The Bertz CT molecular complexity index is 144. The Kier molecular flexibility index (Phi) is 1.92. The minimum Gasteiger partial charge on any atom is -0.300 e. The van der Waals surface area contributed by atoms with E-state index >= 15 is 0 Å². The van der Waals surface area contributed by atoms with Crippen molar-refractivity contribution in [1.29, 1.82) is 0 Å². The van der Waals surface area contributed by atoms with E-state index in [-0.39, 0.29) is 0 Å². The van der Waals surface area contributed by atoms with E-state index in [0.717, 1.165) is 17.9 Å². The van der Waals surface area contributed by atoms with Crippen LogP contribution in [0.3, 0.4) is 0 Å². The van der Waals surface area contributed by atoms with Gasteiger partial charge in [0, 0.05) is 6.04 Å². The lowest BCUT2D eigenvalue weighted by Gasteiger charge is -2.43. The van der Waals surface area contributed by atoms with Crippen LogP contribution in [0.15, 0.2) is 0 Å². The zero-order valence-electron chi connectivity index (χ0n) is 7.71. The van der Waals surface area contributed by atoms with Gasteiger partial charge in [-0.3, -0.25) is 0 Å². The second-order valence-electron chi connectivity index (χ2n) is 4.05. The van der Waals surface area contributed by atoms with E-state index in [1.165, 1.54) is 32.4 Å². The highest BCUT2D eigenvalue weighted by atomic mass is 15.2. The molecule has 1 heteroatoms. The number of hydrogen-bond donors (Lipinski definition) is 0. The van der Waals surface area contributed by atoms with Crippen molar-refractivity contribution in [3.63, 3.8) is 0 Å². The van der Waals surface area contributed by atoms with Crippen molar-refractivity contribution in [1.82, 2.24) is 4.90 Å². The molecule has 3 atom stereocenters. The molecule has 1 aliphatic heterocycles. The van der Waals surface area contributed by atoms with Crippen LogP contribution in [0, 0.1) is 11.8 Å². The summed E-state index contributed by atoms with van der Waals surface area (Å²) in [4.78, 5) is 2.66. The van der Waals surface area contributed by atoms with Gasteiger partial charge in [-0.2, -0.15) is 0 Å². The van der Waals surface area contributed by atoms with E-state index in [4.69, 9.17) is 0 Å². The fourth-order valence-corrected chi connectivity index (χ4v) is 2.97. The van der Waals surface area contributed by atoms with Gasteiger partial charge in [-0.05, 0) is 37.8 Å². The van der Waals surface area contributed by atoms with Crippen LogP contribution in [0.4, 0.5) is 0 Å². The van der Waals surface area contributed by atoms with Crippen molar-refractivity contribution in [3.8, 4) is 0 Å². The first-order valence-corrected chi connectivity index (χ1v) is 5.10. The molecule has 2 rings (SSSR count). The lowest BCUT2D eigenvalue weighted by molar-refractivity contribution is 0.0717. The first-order chi connectivity index (χ1) is 5.36. The predicted molar refractivity (Wildman–Crippen MR) is 47.5 cm³/mol. The molecule has 3 unspecified atom stereocenters. The first-order valence-electron chi connectivity index (χ1n) is 5.10. The predicted octanol–water partition coefficient (Wildman–Crippen LogP) is 2.13. The summed E-state index contributed by atoms with van der Waals surface area (Å²) in [6.45, 7) is 7.29. The van der Waals surface area contributed by atoms with Gasteiger partial charge in [0.2, 0.25) is 0 Å². The average Bonchev–Trinajstić information content (AvgIpc) is 2.29. The molecule has 11 heavy (non-hydrogen) atoms. The summed E-state index contributed by atoms with van der Waals surface area (Å²) >= 11 is 0. The van der Waals surface area contributed by atoms with Crippen LogP contribution in [-0.2, 0) is 0 Å². The fourth-order valence-electron chi connectivity index (χ4n) is 2.97. The minimum absolute atomic E-state index is 0.991. The lowest BCUT2D eigenvalue weighted by atomic mass is 9.68. The molecule has 64 valence electrons. The second kappa shape index (κ2) is 2.78. The van der Waals surface area contributed by atoms with Crippen molar-refractivity contribution in [2.75, 3.05) is 13.1 Å². The highest BCUT2D eigenvalue weighted by Gasteiger charge is 2.46. The lowest BCUT2D eigenvalue weighted by Crippen LogP contribution is -2.45. The molecule has 0 aromatic rings. The van der Waals surface area contributed by atoms with Crippen LogP contribution in [0.5, 0.6) is 0 Å². The van der Waals surface area contributed by atoms with Gasteiger partial charge < -0.3 is 4.90 Å². The third kappa shape index (κ3) is 1.01. The molecule has 0 spiro atoms. The SMILES string of the molecule is CCC1CC2C1CCN2CC. The van der Waals surface area contributed by atoms with Crippen LogP contribution in [-0.4, -0.2) is 24.0 Å². The number of fused-ring (bicyclic) bond motifs is 1. The minimum atomic E-state index is 0.991. The number of rotatable bonds is 2. The topological polar surface area (TPSA) is 3.24 Å². The average molecular weight is 153 g/mol. The molecule has 0 aromatic heterocycles. The molecular weight excluding hydrogens is 134 g/mol. The molecule has 2 fully saturated rings. The first kappa shape index (κ1) is 7.60. The van der Waals surface area contributed by atoms with E-state index in [1.807, 2.05) is 0 Å². The summed E-state index contributed by atoms with van der Waals surface area (Å²) in [5, 5.41) is 0. The highest BCUT2D eigenvalue weighted by molar-refractivity contribution is 4.99. The monoisotopic (exact) mass is 153 g/mol. The normalized spacial score (nSPS) is 43.6. The molecule has 1 saturated carbocycles. The van der Waals surface area contributed by atoms with Crippen molar-refractivity contribution in [3.05, 3.63) is 0 Å². The highest BCUT2D eigenvalue weighted by Crippen LogP contribution is 2.46. The molecule has 0 aromatic carbocycles. The van der Waals surface area contributed by atoms with Crippen LogP contribution >= 0.6 is 0 Å². The van der Waals surface area contributed by atoms with E-state index < -0.39 is 0 Å². The number of nitrogens with zero attached hydrogens (tertiary/aromatic N) is 1. The van der Waals surface area contributed by atoms with Crippen LogP contribution < -0.4 is 0 Å². The summed E-state index contributed by atoms with van der Waals surface area (Å²) in [7, 11) is 0. The van der Waals surface area contributed by atoms with Crippen LogP contribution in [0.2, 0.25) is 0 Å². The molecule has 0 N–H and O–H groups in total. The van der Waals surface area contributed by atoms with Crippen molar-refractivity contribution in [2.45, 2.75) is 39.2 Å². The van der Waals surface area contributed by atoms with Gasteiger partial charge >= 0.3 is 0 Å². The van der Waals surface area contributed by atoms with Gasteiger partial charge in [-0.15, -0.1) is 0 Å². The zero-order valence-corrected chi connectivity index (χ0v) is 7.71. The van der Waals surface area contributed by atoms with Crippen molar-refractivity contribution < 1.29 is 0 Å². The second-order valence-corrected chi connectivity index (χ2v) is 4.05. The molecular formula is C10H19N. The van der Waals surface area contributed by atoms with Gasteiger partial charge in [0.15, 0.2) is 0 Å². The van der Waals surface area contributed by atoms with Gasteiger partial charge in [0.05, 0.1) is 0 Å². The Morgan fingerprint density at radius 1 is 1.36 bits per heavy atom. The molecule has 0 amide bonds. The van der Waals surface area contributed by atoms with Crippen LogP contribution in [0.25, 0.3) is 0 Å². The number of hydrogen-bond acceptors (Lipinski definition) is 1. The maximum absolute atomic E-state index is 2.66. The van der Waals surface area contributed by atoms with E-state index in [9.17, 15) is 0 Å². The smallest absolute Gasteiger partial charge is 0.0129 e. The quantitative estimate of drug-likeness (QED) is 0.587. The molecule has 0 radical (unpaired) electrons. The molecule has 1 heterocycles. The van der Waals surface area contributed by atoms with E-state index in [2.05, 4.69) is 18.7 Å². The Morgan fingerprint density at radius 3 is 2.82 bits per heavy atom. The summed E-state index contributed by atoms with van der Waals surface area (Å²) in [6, 6.07) is 0.991. The Balaban J connectivity index is 1.92. The maximum atomic E-state index is 2.66. The van der Waals surface area contributed by atoms with Gasteiger partial charge in [-0.1, -0.05) is 20.3 Å². The van der Waals surface area contributed by atoms with Crippen molar-refractivity contribution in [2.24, 2.45) is 11.8 Å². The summed E-state index contributed by atoms with van der Waals surface area (Å²) in [5.74, 6) is 2.16. The third-order valence-electron chi connectivity index (χ3n) is 3.79. The Morgan fingerprint density at radius 2 is 2.18 bits per heavy atom. The van der Waals surface area contributed by atoms with Crippen molar-refractivity contribution >= 4 is 0 Å².